The summed E-state index contributed by atoms with van der Waals surface area (Å²) in [6, 6.07) is 0.540. The zero-order valence-corrected chi connectivity index (χ0v) is 12.5. The van der Waals surface area contributed by atoms with Crippen LogP contribution in [0.25, 0.3) is 0 Å². The molecule has 0 spiro atoms. The van der Waals surface area contributed by atoms with Crippen LogP contribution in [0.2, 0.25) is 0 Å². The van der Waals surface area contributed by atoms with E-state index in [1.54, 1.807) is 0 Å². The number of hydrogen-bond acceptors (Lipinski definition) is 3. The summed E-state index contributed by atoms with van der Waals surface area (Å²) in [5, 5.41) is 3.70. The number of likely N-dealkylation sites (N-methyl/N-ethyl adjacent to an activating group) is 1. The molecular formula is C15H33N3. The Morgan fingerprint density at radius 2 is 1.72 bits per heavy atom. The van der Waals surface area contributed by atoms with Gasteiger partial charge < -0.3 is 16.0 Å². The summed E-state index contributed by atoms with van der Waals surface area (Å²) in [7, 11) is 0. The van der Waals surface area contributed by atoms with Crippen LogP contribution >= 0.6 is 0 Å². The van der Waals surface area contributed by atoms with Gasteiger partial charge >= 0.3 is 0 Å². The van der Waals surface area contributed by atoms with Gasteiger partial charge in [0.25, 0.3) is 0 Å². The van der Waals surface area contributed by atoms with E-state index >= 15 is 0 Å². The molecule has 0 saturated heterocycles. The lowest BCUT2D eigenvalue weighted by Crippen LogP contribution is -2.45. The van der Waals surface area contributed by atoms with Crippen LogP contribution in [0, 0.1) is 5.92 Å². The molecule has 18 heavy (non-hydrogen) atoms. The summed E-state index contributed by atoms with van der Waals surface area (Å²) in [6.45, 7) is 9.79. The molecule has 0 heterocycles. The fourth-order valence-corrected chi connectivity index (χ4v) is 3.10. The largest absolute Gasteiger partial charge is 0.329 e. The van der Waals surface area contributed by atoms with E-state index in [1.165, 1.54) is 38.5 Å². The van der Waals surface area contributed by atoms with Crippen molar-refractivity contribution in [1.82, 2.24) is 10.2 Å². The first kappa shape index (κ1) is 15.9. The molecule has 1 fully saturated rings. The van der Waals surface area contributed by atoms with Crippen LogP contribution in [0.3, 0.4) is 0 Å². The second-order valence-corrected chi connectivity index (χ2v) is 5.57. The van der Waals surface area contributed by atoms with Gasteiger partial charge in [0.1, 0.15) is 0 Å². The summed E-state index contributed by atoms with van der Waals surface area (Å²) < 4.78 is 0. The maximum Gasteiger partial charge on any atom is 0.0219 e. The van der Waals surface area contributed by atoms with Crippen LogP contribution in [-0.2, 0) is 0 Å². The van der Waals surface area contributed by atoms with Gasteiger partial charge in [0.05, 0.1) is 0 Å². The standard InChI is InChI=1S/C15H33N3/c1-3-18(4-2)12-11-17-15(13-16)14-9-7-5-6-8-10-14/h14-15,17H,3-13,16H2,1-2H3. The van der Waals surface area contributed by atoms with Crippen LogP contribution < -0.4 is 11.1 Å². The van der Waals surface area contributed by atoms with Crippen LogP contribution in [0.5, 0.6) is 0 Å². The highest BCUT2D eigenvalue weighted by Crippen LogP contribution is 2.25. The Balaban J connectivity index is 2.27. The topological polar surface area (TPSA) is 41.3 Å². The molecule has 1 unspecified atom stereocenters. The minimum Gasteiger partial charge on any atom is -0.329 e. The average molecular weight is 255 g/mol. The first-order chi connectivity index (χ1) is 8.81. The molecule has 3 nitrogen and oxygen atoms in total. The molecule has 3 N–H and O–H groups in total. The van der Waals surface area contributed by atoms with Crippen LogP contribution in [-0.4, -0.2) is 43.7 Å². The normalized spacial score (nSPS) is 20.0. The van der Waals surface area contributed by atoms with Crippen LogP contribution in [0.15, 0.2) is 0 Å². The first-order valence-corrected chi connectivity index (χ1v) is 7.97. The van der Waals surface area contributed by atoms with E-state index < -0.39 is 0 Å². The predicted molar refractivity (Wildman–Crippen MR) is 79.8 cm³/mol. The third-order valence-electron chi connectivity index (χ3n) is 4.45. The highest BCUT2D eigenvalue weighted by atomic mass is 15.1. The molecule has 1 rings (SSSR count). The number of hydrogen-bond donors (Lipinski definition) is 2. The maximum atomic E-state index is 5.96. The van der Waals surface area contributed by atoms with Crippen molar-refractivity contribution < 1.29 is 0 Å². The second-order valence-electron chi connectivity index (χ2n) is 5.57. The van der Waals surface area contributed by atoms with Crippen molar-refractivity contribution in [1.29, 1.82) is 0 Å². The Hall–Kier alpha value is -0.120. The summed E-state index contributed by atoms with van der Waals surface area (Å²) >= 11 is 0. The summed E-state index contributed by atoms with van der Waals surface area (Å²) in [5.74, 6) is 0.814. The molecule has 0 aromatic carbocycles. The highest BCUT2D eigenvalue weighted by molar-refractivity contribution is 4.79. The van der Waals surface area contributed by atoms with Crippen LogP contribution in [0.4, 0.5) is 0 Å². The van der Waals surface area contributed by atoms with Gasteiger partial charge in [-0.15, -0.1) is 0 Å². The van der Waals surface area contributed by atoms with Gasteiger partial charge in [0.2, 0.25) is 0 Å². The SMILES string of the molecule is CCN(CC)CCNC(CN)C1CCCCCC1. The molecule has 0 aliphatic heterocycles. The van der Waals surface area contributed by atoms with Crippen molar-refractivity contribution in [3.05, 3.63) is 0 Å². The van der Waals surface area contributed by atoms with E-state index in [-0.39, 0.29) is 0 Å². The minimum absolute atomic E-state index is 0.540. The number of nitrogens with one attached hydrogen (secondary N) is 1. The van der Waals surface area contributed by atoms with E-state index in [9.17, 15) is 0 Å². The highest BCUT2D eigenvalue weighted by Gasteiger charge is 2.20. The third kappa shape index (κ3) is 5.68. The monoisotopic (exact) mass is 255 g/mol. The van der Waals surface area contributed by atoms with Crippen molar-refractivity contribution in [2.75, 3.05) is 32.7 Å². The molecule has 1 saturated carbocycles. The number of nitrogens with two attached hydrogens (primary N) is 1. The molecule has 0 amide bonds. The zero-order chi connectivity index (χ0) is 13.2. The predicted octanol–water partition coefficient (Wildman–Crippen LogP) is 2.22. The molecular weight excluding hydrogens is 222 g/mol. The van der Waals surface area contributed by atoms with Crippen LogP contribution in [0.1, 0.15) is 52.4 Å². The molecule has 3 heteroatoms. The maximum absolute atomic E-state index is 5.96. The van der Waals surface area contributed by atoms with Gasteiger partial charge in [-0.3, -0.25) is 0 Å². The molecule has 1 atom stereocenters. The van der Waals surface area contributed by atoms with Gasteiger partial charge in [0.15, 0.2) is 0 Å². The average Bonchev–Trinajstić information content (AvgIpc) is 2.68. The lowest BCUT2D eigenvalue weighted by molar-refractivity contribution is 0.272. The number of rotatable bonds is 8. The van der Waals surface area contributed by atoms with Gasteiger partial charge in [-0.05, 0) is 31.8 Å². The van der Waals surface area contributed by atoms with E-state index in [2.05, 4.69) is 24.1 Å². The van der Waals surface area contributed by atoms with E-state index in [4.69, 9.17) is 5.73 Å². The third-order valence-corrected chi connectivity index (χ3v) is 4.45. The van der Waals surface area contributed by atoms with Gasteiger partial charge in [0, 0.05) is 25.7 Å². The van der Waals surface area contributed by atoms with Gasteiger partial charge in [-0.2, -0.15) is 0 Å². The number of nitrogens with zero attached hydrogens (tertiary/aromatic N) is 1. The summed E-state index contributed by atoms with van der Waals surface area (Å²) in [5.41, 5.74) is 5.96. The Kier molecular flexibility index (Phi) is 8.64. The fourth-order valence-electron chi connectivity index (χ4n) is 3.10. The Morgan fingerprint density at radius 3 is 2.22 bits per heavy atom. The molecule has 1 aliphatic rings. The Bertz CT molecular complexity index is 184. The Morgan fingerprint density at radius 1 is 1.11 bits per heavy atom. The fraction of sp³-hybridized carbons (Fsp3) is 1.00. The van der Waals surface area contributed by atoms with E-state index in [0.29, 0.717) is 6.04 Å². The van der Waals surface area contributed by atoms with Crippen molar-refractivity contribution >= 4 is 0 Å². The van der Waals surface area contributed by atoms with E-state index in [0.717, 1.165) is 38.6 Å². The summed E-state index contributed by atoms with van der Waals surface area (Å²) in [4.78, 5) is 2.47. The van der Waals surface area contributed by atoms with Crippen molar-refractivity contribution in [3.63, 3.8) is 0 Å². The quantitative estimate of drug-likeness (QED) is 0.654. The van der Waals surface area contributed by atoms with Crippen molar-refractivity contribution in [2.45, 2.75) is 58.4 Å². The Labute approximate surface area is 113 Å². The molecule has 0 aromatic rings. The molecule has 0 radical (unpaired) electrons. The molecule has 108 valence electrons. The first-order valence-electron chi connectivity index (χ1n) is 7.97. The lowest BCUT2D eigenvalue weighted by Gasteiger charge is -2.27. The molecule has 1 aliphatic carbocycles. The smallest absolute Gasteiger partial charge is 0.0219 e. The zero-order valence-electron chi connectivity index (χ0n) is 12.5. The van der Waals surface area contributed by atoms with Gasteiger partial charge in [-0.25, -0.2) is 0 Å². The molecule has 0 bridgehead atoms. The minimum atomic E-state index is 0.540. The second kappa shape index (κ2) is 9.76. The summed E-state index contributed by atoms with van der Waals surface area (Å²) in [6.07, 6.45) is 8.40. The van der Waals surface area contributed by atoms with E-state index in [1.807, 2.05) is 0 Å². The van der Waals surface area contributed by atoms with Crippen molar-refractivity contribution in [2.24, 2.45) is 11.7 Å². The van der Waals surface area contributed by atoms with Crippen molar-refractivity contribution in [3.8, 4) is 0 Å². The lowest BCUT2D eigenvalue weighted by atomic mass is 9.92. The molecule has 0 aromatic heterocycles. The van der Waals surface area contributed by atoms with Gasteiger partial charge in [-0.1, -0.05) is 39.5 Å².